The van der Waals surface area contributed by atoms with Gasteiger partial charge in [-0.2, -0.15) is 0 Å². The van der Waals surface area contributed by atoms with Crippen LogP contribution in [0.25, 0.3) is 10.9 Å². The van der Waals surface area contributed by atoms with Crippen LogP contribution in [0.1, 0.15) is 48.9 Å². The Kier molecular flexibility index (Phi) is 5.53. The van der Waals surface area contributed by atoms with Gasteiger partial charge in [-0.1, -0.05) is 36.5 Å². The second-order valence-electron chi connectivity index (χ2n) is 7.68. The van der Waals surface area contributed by atoms with Crippen LogP contribution >= 0.6 is 0 Å². The Labute approximate surface area is 156 Å². The van der Waals surface area contributed by atoms with Gasteiger partial charge in [-0.3, -0.25) is 4.98 Å². The van der Waals surface area contributed by atoms with Gasteiger partial charge in [-0.05, 0) is 56.2 Å². The van der Waals surface area contributed by atoms with Crippen LogP contribution in [0.5, 0.6) is 0 Å². The van der Waals surface area contributed by atoms with Gasteiger partial charge in [0.05, 0.1) is 5.52 Å². The number of aliphatic hydroxyl groups is 1. The van der Waals surface area contributed by atoms with E-state index in [2.05, 4.69) is 41.0 Å². The number of likely N-dealkylation sites (tertiary alicyclic amines) is 1. The van der Waals surface area contributed by atoms with Gasteiger partial charge in [-0.15, -0.1) is 0 Å². The molecule has 1 fully saturated rings. The summed E-state index contributed by atoms with van der Waals surface area (Å²) in [6.45, 7) is 3.44. The fourth-order valence-electron chi connectivity index (χ4n) is 4.32. The number of nitrogens with zero attached hydrogens (tertiary/aromatic N) is 2. The van der Waals surface area contributed by atoms with Crippen LogP contribution in [-0.2, 0) is 12.8 Å². The predicted molar refractivity (Wildman–Crippen MR) is 106 cm³/mol. The van der Waals surface area contributed by atoms with E-state index in [4.69, 9.17) is 4.98 Å². The molecule has 1 aliphatic heterocycles. The second-order valence-corrected chi connectivity index (χ2v) is 7.68. The maximum Gasteiger partial charge on any atom is 0.0718 e. The molecule has 0 saturated carbocycles. The van der Waals surface area contributed by atoms with E-state index in [0.29, 0.717) is 12.5 Å². The maximum absolute atomic E-state index is 9.28. The minimum absolute atomic E-state index is 0.317. The highest BCUT2D eigenvalue weighted by molar-refractivity contribution is 5.86. The average molecular weight is 348 g/mol. The zero-order valence-electron chi connectivity index (χ0n) is 15.5. The van der Waals surface area contributed by atoms with Crippen molar-refractivity contribution in [1.29, 1.82) is 0 Å². The van der Waals surface area contributed by atoms with Crippen LogP contribution in [0.4, 0.5) is 0 Å². The number of aryl methyl sites for hydroxylation is 1. The van der Waals surface area contributed by atoms with E-state index < -0.39 is 0 Å². The lowest BCUT2D eigenvalue weighted by Gasteiger charge is -2.13. The van der Waals surface area contributed by atoms with E-state index in [0.717, 1.165) is 50.8 Å². The normalized spacial score (nSPS) is 20.4. The van der Waals surface area contributed by atoms with Crippen molar-refractivity contribution in [3.05, 3.63) is 41.1 Å². The molecule has 2 aromatic rings. The lowest BCUT2D eigenvalue weighted by Crippen LogP contribution is -2.22. The molecule has 0 radical (unpaired) electrons. The number of pyridine rings is 1. The van der Waals surface area contributed by atoms with E-state index in [-0.39, 0.29) is 0 Å². The van der Waals surface area contributed by atoms with Crippen LogP contribution in [0.15, 0.2) is 24.3 Å². The molecule has 26 heavy (non-hydrogen) atoms. The molecule has 1 N–H and O–H groups in total. The van der Waals surface area contributed by atoms with E-state index in [1.807, 2.05) is 0 Å². The molecule has 136 valence electrons. The first-order chi connectivity index (χ1) is 12.8. The van der Waals surface area contributed by atoms with Crippen LogP contribution < -0.4 is 0 Å². The SMILES string of the molecule is OC[C@H]1CCN(CCC#Cc2c3c(nc4ccccc24)CCCCC3)C1. The van der Waals surface area contributed by atoms with Crippen LogP contribution in [0, 0.1) is 17.8 Å². The number of hydrogen-bond donors (Lipinski definition) is 1. The third kappa shape index (κ3) is 3.77. The van der Waals surface area contributed by atoms with Gasteiger partial charge in [-0.25, -0.2) is 0 Å². The molecule has 0 spiro atoms. The first-order valence-corrected chi connectivity index (χ1v) is 10.1. The van der Waals surface area contributed by atoms with E-state index in [9.17, 15) is 5.11 Å². The van der Waals surface area contributed by atoms with Crippen LogP contribution in [0.3, 0.4) is 0 Å². The summed E-state index contributed by atoms with van der Waals surface area (Å²) >= 11 is 0. The standard InChI is InChI=1S/C23H28N2O/c26-17-18-13-15-25(16-18)14-7-6-8-19-20-9-2-1-3-11-22(20)24-23-12-5-4-10-21(19)23/h4-5,10,12,18,26H,1-3,7,9,11,13-17H2/t18-/m0/s1. The maximum atomic E-state index is 9.28. The number of para-hydroxylation sites is 1. The minimum atomic E-state index is 0.317. The Morgan fingerprint density at radius 3 is 2.92 bits per heavy atom. The first-order valence-electron chi connectivity index (χ1n) is 10.1. The van der Waals surface area contributed by atoms with Crippen molar-refractivity contribution in [3.63, 3.8) is 0 Å². The summed E-state index contributed by atoms with van der Waals surface area (Å²) in [4.78, 5) is 7.38. The molecule has 0 bridgehead atoms. The van der Waals surface area contributed by atoms with Crippen molar-refractivity contribution in [2.24, 2.45) is 5.92 Å². The largest absolute Gasteiger partial charge is 0.396 e. The van der Waals surface area contributed by atoms with Crippen LogP contribution in [0.2, 0.25) is 0 Å². The van der Waals surface area contributed by atoms with Crippen molar-refractivity contribution < 1.29 is 5.11 Å². The minimum Gasteiger partial charge on any atom is -0.396 e. The molecule has 1 atom stereocenters. The third-order valence-electron chi connectivity index (χ3n) is 5.81. The number of fused-ring (bicyclic) bond motifs is 2. The van der Waals surface area contributed by atoms with E-state index >= 15 is 0 Å². The lowest BCUT2D eigenvalue weighted by molar-refractivity contribution is 0.222. The van der Waals surface area contributed by atoms with Gasteiger partial charge < -0.3 is 10.0 Å². The van der Waals surface area contributed by atoms with Gasteiger partial charge in [0.15, 0.2) is 0 Å². The Bertz CT molecular complexity index is 833. The molecule has 1 aromatic carbocycles. The molecule has 3 heteroatoms. The van der Waals surface area contributed by atoms with Crippen molar-refractivity contribution >= 4 is 10.9 Å². The molecule has 2 heterocycles. The molecule has 4 rings (SSSR count). The summed E-state index contributed by atoms with van der Waals surface area (Å²) in [6, 6.07) is 8.45. The number of aromatic nitrogens is 1. The fourth-order valence-corrected chi connectivity index (χ4v) is 4.32. The third-order valence-corrected chi connectivity index (χ3v) is 5.81. The second kappa shape index (κ2) is 8.20. The summed E-state index contributed by atoms with van der Waals surface area (Å²) in [7, 11) is 0. The summed E-state index contributed by atoms with van der Waals surface area (Å²) in [6.07, 6.45) is 7.99. The fraction of sp³-hybridized carbons (Fsp3) is 0.522. The number of hydrogen-bond acceptors (Lipinski definition) is 3. The Morgan fingerprint density at radius 1 is 1.15 bits per heavy atom. The van der Waals surface area contributed by atoms with Gasteiger partial charge in [0.2, 0.25) is 0 Å². The summed E-state index contributed by atoms with van der Waals surface area (Å²) in [5, 5.41) is 10.5. The smallest absolute Gasteiger partial charge is 0.0718 e. The van der Waals surface area contributed by atoms with Gasteiger partial charge in [0, 0.05) is 42.8 Å². The molecule has 0 amide bonds. The van der Waals surface area contributed by atoms with Crippen molar-refractivity contribution in [1.82, 2.24) is 9.88 Å². The highest BCUT2D eigenvalue weighted by Crippen LogP contribution is 2.28. The number of rotatable bonds is 3. The summed E-state index contributed by atoms with van der Waals surface area (Å²) in [5.74, 6) is 7.43. The Balaban J connectivity index is 1.57. The van der Waals surface area contributed by atoms with Crippen molar-refractivity contribution in [3.8, 4) is 11.8 Å². The summed E-state index contributed by atoms with van der Waals surface area (Å²) < 4.78 is 0. The number of aliphatic hydroxyl groups excluding tert-OH is 1. The molecule has 0 unspecified atom stereocenters. The Hall–Kier alpha value is -1.89. The van der Waals surface area contributed by atoms with Gasteiger partial charge >= 0.3 is 0 Å². The molecule has 1 aliphatic carbocycles. The zero-order valence-corrected chi connectivity index (χ0v) is 15.5. The average Bonchev–Trinajstić information content (AvgIpc) is 3.01. The lowest BCUT2D eigenvalue weighted by atomic mass is 9.97. The topological polar surface area (TPSA) is 36.4 Å². The van der Waals surface area contributed by atoms with Gasteiger partial charge in [0.25, 0.3) is 0 Å². The summed E-state index contributed by atoms with van der Waals surface area (Å²) in [5.41, 5.74) is 4.98. The Morgan fingerprint density at radius 2 is 2.04 bits per heavy atom. The van der Waals surface area contributed by atoms with Gasteiger partial charge in [0.1, 0.15) is 0 Å². The molecule has 3 nitrogen and oxygen atoms in total. The highest BCUT2D eigenvalue weighted by Gasteiger charge is 2.20. The quantitative estimate of drug-likeness (QED) is 0.681. The molecular formula is C23H28N2O. The van der Waals surface area contributed by atoms with Crippen molar-refractivity contribution in [2.45, 2.75) is 44.9 Å². The number of benzene rings is 1. The predicted octanol–water partition coefficient (Wildman–Crippen LogP) is 3.56. The molecule has 1 aromatic heterocycles. The highest BCUT2D eigenvalue weighted by atomic mass is 16.3. The van der Waals surface area contributed by atoms with E-state index in [1.165, 1.54) is 41.5 Å². The molecule has 1 saturated heterocycles. The molecular weight excluding hydrogens is 320 g/mol. The van der Waals surface area contributed by atoms with Crippen LogP contribution in [-0.4, -0.2) is 41.2 Å². The zero-order chi connectivity index (χ0) is 17.8. The van der Waals surface area contributed by atoms with E-state index in [1.54, 1.807) is 0 Å². The van der Waals surface area contributed by atoms with Crippen molar-refractivity contribution in [2.75, 3.05) is 26.2 Å². The first kappa shape index (κ1) is 17.5. The monoisotopic (exact) mass is 348 g/mol. The molecule has 2 aliphatic rings.